The van der Waals surface area contributed by atoms with E-state index in [0.717, 1.165) is 43.6 Å². The van der Waals surface area contributed by atoms with Crippen LogP contribution in [0.25, 0.3) is 0 Å². The molecule has 5 heteroatoms. The van der Waals surface area contributed by atoms with Crippen molar-refractivity contribution >= 4 is 11.8 Å². The summed E-state index contributed by atoms with van der Waals surface area (Å²) in [4.78, 5) is 29.1. The fraction of sp³-hybridized carbons (Fsp3) is 0.600. The summed E-state index contributed by atoms with van der Waals surface area (Å²) < 4.78 is 0. The molecule has 1 N–H and O–H groups in total. The van der Waals surface area contributed by atoms with Crippen molar-refractivity contribution in [3.05, 3.63) is 35.4 Å². The zero-order valence-corrected chi connectivity index (χ0v) is 15.8. The smallest absolute Gasteiger partial charge is 0.254 e. The molecule has 138 valence electrons. The Balaban J connectivity index is 1.78. The average Bonchev–Trinajstić information content (AvgIpc) is 2.65. The highest BCUT2D eigenvalue weighted by atomic mass is 16.2. The number of hydrogen-bond donors (Lipinski definition) is 1. The first kappa shape index (κ1) is 19.4. The van der Waals surface area contributed by atoms with E-state index < -0.39 is 0 Å². The van der Waals surface area contributed by atoms with Crippen molar-refractivity contribution < 1.29 is 9.59 Å². The van der Waals surface area contributed by atoms with Gasteiger partial charge in [-0.15, -0.1) is 0 Å². The molecule has 0 radical (unpaired) electrons. The summed E-state index contributed by atoms with van der Waals surface area (Å²) in [6.07, 6.45) is 1.49. The molecule has 0 saturated carbocycles. The third-order valence-corrected chi connectivity index (χ3v) is 5.15. The molecule has 1 aromatic carbocycles. The van der Waals surface area contributed by atoms with Gasteiger partial charge in [-0.05, 0) is 44.5 Å². The van der Waals surface area contributed by atoms with Crippen molar-refractivity contribution in [2.75, 3.05) is 39.3 Å². The van der Waals surface area contributed by atoms with Crippen LogP contribution in [-0.2, 0) is 4.79 Å². The van der Waals surface area contributed by atoms with E-state index in [1.54, 1.807) is 0 Å². The van der Waals surface area contributed by atoms with Crippen LogP contribution in [0.1, 0.15) is 42.6 Å². The van der Waals surface area contributed by atoms with E-state index in [1.807, 2.05) is 36.1 Å². The first-order valence-electron chi connectivity index (χ1n) is 9.41. The van der Waals surface area contributed by atoms with Crippen LogP contribution < -0.4 is 5.32 Å². The third kappa shape index (κ3) is 5.30. The molecule has 0 bridgehead atoms. The number of amides is 2. The lowest BCUT2D eigenvalue weighted by molar-refractivity contribution is -0.126. The first-order chi connectivity index (χ1) is 12.1. The largest absolute Gasteiger partial charge is 0.355 e. The maximum atomic E-state index is 12.6. The van der Waals surface area contributed by atoms with Crippen molar-refractivity contribution in [2.24, 2.45) is 5.92 Å². The highest BCUT2D eigenvalue weighted by molar-refractivity contribution is 5.95. The number of carbonyl (C=O) groups excluding carboxylic acids is 2. The minimum Gasteiger partial charge on any atom is -0.355 e. The Bertz CT molecular complexity index is 576. The van der Waals surface area contributed by atoms with Crippen LogP contribution in [-0.4, -0.2) is 60.9 Å². The topological polar surface area (TPSA) is 52.7 Å². The predicted molar refractivity (Wildman–Crippen MR) is 101 cm³/mol. The molecular weight excluding hydrogens is 314 g/mol. The second-order valence-corrected chi connectivity index (χ2v) is 6.70. The summed E-state index contributed by atoms with van der Waals surface area (Å²) >= 11 is 0. The maximum Gasteiger partial charge on any atom is 0.254 e. The van der Waals surface area contributed by atoms with E-state index in [-0.39, 0.29) is 17.7 Å². The molecule has 1 aliphatic rings. The zero-order chi connectivity index (χ0) is 18.2. The Morgan fingerprint density at radius 2 is 1.80 bits per heavy atom. The number of nitrogens with one attached hydrogen (secondary N) is 1. The fourth-order valence-corrected chi connectivity index (χ4v) is 3.35. The third-order valence-electron chi connectivity index (χ3n) is 5.15. The van der Waals surface area contributed by atoms with Gasteiger partial charge in [0.1, 0.15) is 0 Å². The van der Waals surface area contributed by atoms with E-state index in [1.165, 1.54) is 0 Å². The molecule has 1 fully saturated rings. The zero-order valence-electron chi connectivity index (χ0n) is 15.8. The summed E-state index contributed by atoms with van der Waals surface area (Å²) in [6.45, 7) is 11.1. The van der Waals surface area contributed by atoms with E-state index >= 15 is 0 Å². The normalized spacial score (nSPS) is 15.4. The first-order valence-corrected chi connectivity index (χ1v) is 9.41. The molecule has 0 aromatic heterocycles. The molecule has 25 heavy (non-hydrogen) atoms. The predicted octanol–water partition coefficient (Wildman–Crippen LogP) is 2.31. The number of nitrogens with zero attached hydrogens (tertiary/aromatic N) is 2. The number of likely N-dealkylation sites (tertiary alicyclic amines) is 1. The van der Waals surface area contributed by atoms with Gasteiger partial charge in [-0.2, -0.15) is 0 Å². The molecular formula is C20H31N3O2. The van der Waals surface area contributed by atoms with Gasteiger partial charge in [0.15, 0.2) is 0 Å². The van der Waals surface area contributed by atoms with Gasteiger partial charge in [-0.3, -0.25) is 9.59 Å². The maximum absolute atomic E-state index is 12.6. The molecule has 5 nitrogen and oxygen atoms in total. The fourth-order valence-electron chi connectivity index (χ4n) is 3.35. The molecule has 1 saturated heterocycles. The number of piperidine rings is 1. The number of rotatable bonds is 7. The quantitative estimate of drug-likeness (QED) is 0.825. The highest BCUT2D eigenvalue weighted by Gasteiger charge is 2.28. The number of benzene rings is 1. The van der Waals surface area contributed by atoms with Crippen molar-refractivity contribution in [1.29, 1.82) is 0 Å². The standard InChI is InChI=1S/C20H31N3O2/c1-4-22(5-2)15-12-21-19(24)17-10-13-23(14-11-17)20(25)18-9-7-6-8-16(18)3/h6-9,17H,4-5,10-15H2,1-3H3,(H,21,24). The van der Waals surface area contributed by atoms with Gasteiger partial charge in [-0.25, -0.2) is 0 Å². The minimum absolute atomic E-state index is 0.0256. The average molecular weight is 345 g/mol. The molecule has 0 spiro atoms. The second kappa shape index (κ2) is 9.56. The lowest BCUT2D eigenvalue weighted by atomic mass is 9.95. The van der Waals surface area contributed by atoms with Crippen LogP contribution >= 0.6 is 0 Å². The summed E-state index contributed by atoms with van der Waals surface area (Å²) in [7, 11) is 0. The Morgan fingerprint density at radius 3 is 2.40 bits per heavy atom. The minimum atomic E-state index is 0.0256. The molecule has 0 atom stereocenters. The Kier molecular flexibility index (Phi) is 7.44. The Hall–Kier alpha value is -1.88. The number of carbonyl (C=O) groups is 2. The van der Waals surface area contributed by atoms with Gasteiger partial charge >= 0.3 is 0 Å². The molecule has 1 heterocycles. The molecule has 0 aliphatic carbocycles. The van der Waals surface area contributed by atoms with E-state index in [2.05, 4.69) is 24.1 Å². The summed E-state index contributed by atoms with van der Waals surface area (Å²) in [5.41, 5.74) is 1.77. The van der Waals surface area contributed by atoms with Crippen LogP contribution in [0.3, 0.4) is 0 Å². The molecule has 2 amide bonds. The number of hydrogen-bond acceptors (Lipinski definition) is 3. The van der Waals surface area contributed by atoms with Crippen LogP contribution in [0.2, 0.25) is 0 Å². The lowest BCUT2D eigenvalue weighted by Gasteiger charge is -2.32. The number of aryl methyl sites for hydroxylation is 1. The van der Waals surface area contributed by atoms with Gasteiger partial charge in [0, 0.05) is 37.7 Å². The summed E-state index contributed by atoms with van der Waals surface area (Å²) in [5.74, 6) is 0.242. The van der Waals surface area contributed by atoms with Gasteiger partial charge < -0.3 is 15.1 Å². The van der Waals surface area contributed by atoms with Gasteiger partial charge in [-0.1, -0.05) is 32.0 Å². The summed E-state index contributed by atoms with van der Waals surface area (Å²) in [6, 6.07) is 7.68. The van der Waals surface area contributed by atoms with E-state index in [9.17, 15) is 9.59 Å². The van der Waals surface area contributed by atoms with Crippen molar-refractivity contribution in [3.63, 3.8) is 0 Å². The second-order valence-electron chi connectivity index (χ2n) is 6.70. The van der Waals surface area contributed by atoms with Crippen LogP contribution in [0.4, 0.5) is 0 Å². The van der Waals surface area contributed by atoms with Gasteiger partial charge in [0.25, 0.3) is 5.91 Å². The van der Waals surface area contributed by atoms with Crippen LogP contribution in [0.5, 0.6) is 0 Å². The van der Waals surface area contributed by atoms with Gasteiger partial charge in [0.2, 0.25) is 5.91 Å². The van der Waals surface area contributed by atoms with Crippen molar-refractivity contribution in [2.45, 2.75) is 33.6 Å². The van der Waals surface area contributed by atoms with E-state index in [4.69, 9.17) is 0 Å². The van der Waals surface area contributed by atoms with Crippen LogP contribution in [0.15, 0.2) is 24.3 Å². The van der Waals surface area contributed by atoms with Crippen LogP contribution in [0, 0.1) is 12.8 Å². The van der Waals surface area contributed by atoms with Crippen molar-refractivity contribution in [3.8, 4) is 0 Å². The Labute approximate surface area is 151 Å². The SMILES string of the molecule is CCN(CC)CCNC(=O)C1CCN(C(=O)c2ccccc2C)CC1. The number of likely N-dealkylation sites (N-methyl/N-ethyl adjacent to an activating group) is 1. The van der Waals surface area contributed by atoms with E-state index in [0.29, 0.717) is 19.6 Å². The van der Waals surface area contributed by atoms with Crippen molar-refractivity contribution in [1.82, 2.24) is 15.1 Å². The molecule has 1 aromatic rings. The molecule has 2 rings (SSSR count). The highest BCUT2D eigenvalue weighted by Crippen LogP contribution is 2.20. The van der Waals surface area contributed by atoms with Gasteiger partial charge in [0.05, 0.1) is 0 Å². The lowest BCUT2D eigenvalue weighted by Crippen LogP contribution is -2.44. The molecule has 1 aliphatic heterocycles. The molecule has 0 unspecified atom stereocenters. The summed E-state index contributed by atoms with van der Waals surface area (Å²) in [5, 5.41) is 3.05. The monoisotopic (exact) mass is 345 g/mol. The Morgan fingerprint density at radius 1 is 1.16 bits per heavy atom.